The molecule has 2 aromatic rings. The van der Waals surface area contributed by atoms with Gasteiger partial charge in [0.05, 0.1) is 0 Å². The van der Waals surface area contributed by atoms with E-state index < -0.39 is 0 Å². The van der Waals surface area contributed by atoms with Crippen LogP contribution in [-0.2, 0) is 6.61 Å². The lowest BCUT2D eigenvalue weighted by atomic mass is 9.98. The topological polar surface area (TPSA) is 41.8 Å². The van der Waals surface area contributed by atoms with E-state index >= 15 is 0 Å². The van der Waals surface area contributed by atoms with Crippen molar-refractivity contribution in [2.45, 2.75) is 6.61 Å². The van der Waals surface area contributed by atoms with Crippen molar-refractivity contribution in [1.82, 2.24) is 0 Å². The molecule has 0 unspecified atom stereocenters. The van der Waals surface area contributed by atoms with E-state index in [4.69, 9.17) is 4.74 Å². The van der Waals surface area contributed by atoms with Crippen LogP contribution in [0.3, 0.4) is 0 Å². The second kappa shape index (κ2) is 3.94. The van der Waals surface area contributed by atoms with Gasteiger partial charge in [-0.2, -0.15) is 0 Å². The molecule has 0 amide bonds. The second-order valence-electron chi connectivity index (χ2n) is 3.89. The van der Waals surface area contributed by atoms with E-state index in [-0.39, 0.29) is 0 Å². The quantitative estimate of drug-likeness (QED) is 0.553. The maximum atomic E-state index is 9.24. The molecule has 0 radical (unpaired) electrons. The third-order valence-electron chi connectivity index (χ3n) is 2.90. The first-order chi connectivity index (χ1) is 8.40. The van der Waals surface area contributed by atoms with Crippen LogP contribution in [0.5, 0.6) is 5.75 Å². The SMILES string of the molecule is ON=C1c2ccccc2COc2ccccc21. The Morgan fingerprint density at radius 3 is 2.47 bits per heavy atom. The lowest BCUT2D eigenvalue weighted by molar-refractivity contribution is 0.307. The van der Waals surface area contributed by atoms with E-state index in [1.54, 1.807) is 0 Å². The van der Waals surface area contributed by atoms with Gasteiger partial charge in [-0.1, -0.05) is 41.6 Å². The van der Waals surface area contributed by atoms with Gasteiger partial charge in [0.2, 0.25) is 0 Å². The molecule has 1 N–H and O–H groups in total. The molecule has 2 aromatic carbocycles. The van der Waals surface area contributed by atoms with Crippen LogP contribution in [0.4, 0.5) is 0 Å². The third-order valence-corrected chi connectivity index (χ3v) is 2.90. The first kappa shape index (κ1) is 9.90. The summed E-state index contributed by atoms with van der Waals surface area (Å²) in [6.45, 7) is 0.492. The predicted molar refractivity (Wildman–Crippen MR) is 64.6 cm³/mol. The van der Waals surface area contributed by atoms with Crippen molar-refractivity contribution in [2.75, 3.05) is 0 Å². The molecule has 1 aliphatic rings. The zero-order valence-electron chi connectivity index (χ0n) is 9.13. The van der Waals surface area contributed by atoms with Crippen molar-refractivity contribution in [1.29, 1.82) is 0 Å². The summed E-state index contributed by atoms with van der Waals surface area (Å²) in [6.07, 6.45) is 0. The zero-order valence-corrected chi connectivity index (χ0v) is 9.13. The van der Waals surface area contributed by atoms with Gasteiger partial charge >= 0.3 is 0 Å². The van der Waals surface area contributed by atoms with Crippen LogP contribution in [0.25, 0.3) is 0 Å². The number of benzene rings is 2. The van der Waals surface area contributed by atoms with Crippen molar-refractivity contribution in [2.24, 2.45) is 5.16 Å². The molecular formula is C14H11NO2. The van der Waals surface area contributed by atoms with Crippen LogP contribution in [0, 0.1) is 0 Å². The van der Waals surface area contributed by atoms with Crippen LogP contribution in [0.1, 0.15) is 16.7 Å². The summed E-state index contributed by atoms with van der Waals surface area (Å²) in [5.41, 5.74) is 3.32. The highest BCUT2D eigenvalue weighted by molar-refractivity contribution is 6.15. The van der Waals surface area contributed by atoms with Gasteiger partial charge < -0.3 is 9.94 Å². The Morgan fingerprint density at radius 1 is 0.941 bits per heavy atom. The highest BCUT2D eigenvalue weighted by Crippen LogP contribution is 2.28. The summed E-state index contributed by atoms with van der Waals surface area (Å²) in [5, 5.41) is 12.7. The molecule has 3 heteroatoms. The molecule has 17 heavy (non-hydrogen) atoms. The first-order valence-corrected chi connectivity index (χ1v) is 5.42. The maximum Gasteiger partial charge on any atom is 0.129 e. The van der Waals surface area contributed by atoms with Crippen molar-refractivity contribution in [3.8, 4) is 5.75 Å². The minimum atomic E-state index is 0.492. The highest BCUT2D eigenvalue weighted by atomic mass is 16.5. The summed E-state index contributed by atoms with van der Waals surface area (Å²) >= 11 is 0. The highest BCUT2D eigenvalue weighted by Gasteiger charge is 2.19. The fourth-order valence-corrected chi connectivity index (χ4v) is 2.07. The molecule has 0 bridgehead atoms. The van der Waals surface area contributed by atoms with Crippen molar-refractivity contribution >= 4 is 5.71 Å². The predicted octanol–water partition coefficient (Wildman–Crippen LogP) is 2.81. The molecule has 84 valence electrons. The number of rotatable bonds is 0. The number of nitrogens with zero attached hydrogens (tertiary/aromatic N) is 1. The standard InChI is InChI=1S/C14H11NO2/c16-15-14-11-6-2-1-5-10(11)9-17-13-8-4-3-7-12(13)14/h1-8,16H,9H2. The summed E-state index contributed by atoms with van der Waals surface area (Å²) in [5.74, 6) is 0.747. The Balaban J connectivity index is 2.27. The molecule has 1 aliphatic heterocycles. The molecule has 0 saturated carbocycles. The molecule has 3 rings (SSSR count). The van der Waals surface area contributed by atoms with E-state index in [9.17, 15) is 5.21 Å². The third kappa shape index (κ3) is 1.56. The van der Waals surface area contributed by atoms with Gasteiger partial charge in [-0.25, -0.2) is 0 Å². The first-order valence-electron chi connectivity index (χ1n) is 5.42. The van der Waals surface area contributed by atoms with E-state index in [0.29, 0.717) is 12.3 Å². The molecule has 0 aromatic heterocycles. The molecule has 0 saturated heterocycles. The molecule has 0 fully saturated rings. The number of para-hydroxylation sites is 1. The van der Waals surface area contributed by atoms with Crippen LogP contribution in [0.2, 0.25) is 0 Å². The number of hydrogen-bond acceptors (Lipinski definition) is 3. The Labute approximate surface area is 99.0 Å². The minimum Gasteiger partial charge on any atom is -0.488 e. The Hall–Kier alpha value is -2.29. The van der Waals surface area contributed by atoms with Gasteiger partial charge in [-0.05, 0) is 17.7 Å². The molecule has 1 heterocycles. The van der Waals surface area contributed by atoms with Gasteiger partial charge in [0, 0.05) is 11.1 Å². The van der Waals surface area contributed by atoms with Gasteiger partial charge in [-0.3, -0.25) is 0 Å². The second-order valence-corrected chi connectivity index (χ2v) is 3.89. The average Bonchev–Trinajstić information content (AvgIpc) is 2.55. The largest absolute Gasteiger partial charge is 0.488 e. The number of hydrogen-bond donors (Lipinski definition) is 1. The lowest BCUT2D eigenvalue weighted by Gasteiger charge is -2.06. The lowest BCUT2D eigenvalue weighted by Crippen LogP contribution is -2.04. The molecule has 3 nitrogen and oxygen atoms in total. The molecule has 0 spiro atoms. The Morgan fingerprint density at radius 2 is 1.65 bits per heavy atom. The monoisotopic (exact) mass is 225 g/mol. The van der Waals surface area contributed by atoms with Crippen LogP contribution >= 0.6 is 0 Å². The van der Waals surface area contributed by atoms with Gasteiger partial charge in [0.25, 0.3) is 0 Å². The summed E-state index contributed by atoms with van der Waals surface area (Å²) in [7, 11) is 0. The van der Waals surface area contributed by atoms with Gasteiger partial charge in [-0.15, -0.1) is 0 Å². The number of fused-ring (bicyclic) bond motifs is 2. The molecular weight excluding hydrogens is 214 g/mol. The average molecular weight is 225 g/mol. The van der Waals surface area contributed by atoms with E-state index in [1.807, 2.05) is 48.5 Å². The van der Waals surface area contributed by atoms with Gasteiger partial charge in [0.1, 0.15) is 18.1 Å². The molecule has 0 aliphatic carbocycles. The van der Waals surface area contributed by atoms with E-state index in [1.165, 1.54) is 0 Å². The fraction of sp³-hybridized carbons (Fsp3) is 0.0714. The normalized spacial score (nSPS) is 15.6. The Kier molecular flexibility index (Phi) is 2.29. The minimum absolute atomic E-state index is 0.492. The summed E-state index contributed by atoms with van der Waals surface area (Å²) in [4.78, 5) is 0. The van der Waals surface area contributed by atoms with E-state index in [0.717, 1.165) is 22.4 Å². The summed E-state index contributed by atoms with van der Waals surface area (Å²) < 4.78 is 5.72. The molecule has 0 atom stereocenters. The van der Waals surface area contributed by atoms with Crippen molar-refractivity contribution in [3.05, 3.63) is 65.2 Å². The zero-order chi connectivity index (χ0) is 11.7. The number of oxime groups is 1. The van der Waals surface area contributed by atoms with E-state index in [2.05, 4.69) is 5.16 Å². The smallest absolute Gasteiger partial charge is 0.129 e. The van der Waals surface area contributed by atoms with Crippen LogP contribution in [-0.4, -0.2) is 10.9 Å². The summed E-state index contributed by atoms with van der Waals surface area (Å²) in [6, 6.07) is 15.4. The van der Waals surface area contributed by atoms with Gasteiger partial charge in [0.15, 0.2) is 0 Å². The maximum absolute atomic E-state index is 9.24. The van der Waals surface area contributed by atoms with Crippen molar-refractivity contribution in [3.63, 3.8) is 0 Å². The van der Waals surface area contributed by atoms with Crippen LogP contribution < -0.4 is 4.74 Å². The van der Waals surface area contributed by atoms with Crippen molar-refractivity contribution < 1.29 is 9.94 Å². The fourth-order valence-electron chi connectivity index (χ4n) is 2.07. The van der Waals surface area contributed by atoms with Crippen LogP contribution in [0.15, 0.2) is 53.7 Å². The number of ether oxygens (including phenoxy) is 1. The Bertz CT molecular complexity index is 541.